The zero-order valence-corrected chi connectivity index (χ0v) is 26.5. The van der Waals surface area contributed by atoms with Crippen molar-refractivity contribution in [3.63, 3.8) is 0 Å². The van der Waals surface area contributed by atoms with Crippen molar-refractivity contribution in [1.82, 2.24) is 9.80 Å². The van der Waals surface area contributed by atoms with Gasteiger partial charge in [0.1, 0.15) is 5.41 Å². The van der Waals surface area contributed by atoms with Gasteiger partial charge in [-0.1, -0.05) is 84.9 Å². The average Bonchev–Trinajstić information content (AvgIpc) is 3.06. The Morgan fingerprint density at radius 1 is 0.553 bits per heavy atom. The first-order valence-corrected chi connectivity index (χ1v) is 15.9. The summed E-state index contributed by atoms with van der Waals surface area (Å²) in [5.74, 6) is -1.02. The van der Waals surface area contributed by atoms with Crippen LogP contribution in [0.1, 0.15) is 36.8 Å². The molecule has 4 aromatic carbocycles. The molecule has 1 aliphatic rings. The number of carbonyl (C=O) groups excluding carboxylic acids is 3. The summed E-state index contributed by atoms with van der Waals surface area (Å²) in [4.78, 5) is 53.9. The van der Waals surface area contributed by atoms with Crippen LogP contribution in [0.3, 0.4) is 0 Å². The monoisotopic (exact) mass is 634 g/mol. The number of imide groups is 2. The predicted molar refractivity (Wildman–Crippen MR) is 186 cm³/mol. The quantitative estimate of drug-likeness (QED) is 0.0705. The number of nitrogens with two attached hydrogens (primary N) is 4. The van der Waals surface area contributed by atoms with E-state index in [2.05, 4.69) is 9.98 Å². The molecule has 0 atom stereocenters. The first-order valence-electron chi connectivity index (χ1n) is 15.9. The van der Waals surface area contributed by atoms with Crippen molar-refractivity contribution in [2.75, 3.05) is 26.2 Å². The Morgan fingerprint density at radius 3 is 1.36 bits per heavy atom. The number of unbranched alkanes of at least 4 members (excludes halogenated alkanes) is 2. The Bertz CT molecular complexity index is 1700. The number of carbonyl (C=O) groups is 3. The van der Waals surface area contributed by atoms with E-state index >= 15 is 0 Å². The molecule has 1 heterocycles. The number of guanidine groups is 2. The summed E-state index contributed by atoms with van der Waals surface area (Å²) in [6.07, 6.45) is 2.33. The highest BCUT2D eigenvalue weighted by Crippen LogP contribution is 2.38. The van der Waals surface area contributed by atoms with Crippen LogP contribution in [-0.2, 0) is 22.4 Å². The second-order valence-electron chi connectivity index (χ2n) is 12.0. The van der Waals surface area contributed by atoms with Gasteiger partial charge in [0.2, 0.25) is 11.8 Å². The summed E-state index contributed by atoms with van der Waals surface area (Å²) < 4.78 is 0. The van der Waals surface area contributed by atoms with Crippen LogP contribution in [0.2, 0.25) is 0 Å². The molecule has 1 saturated heterocycles. The molecule has 11 nitrogen and oxygen atoms in total. The van der Waals surface area contributed by atoms with E-state index in [4.69, 9.17) is 22.9 Å². The summed E-state index contributed by atoms with van der Waals surface area (Å²) >= 11 is 0. The van der Waals surface area contributed by atoms with E-state index in [0.29, 0.717) is 38.8 Å². The van der Waals surface area contributed by atoms with Crippen LogP contribution in [-0.4, -0.2) is 65.7 Å². The van der Waals surface area contributed by atoms with Crippen molar-refractivity contribution in [1.29, 1.82) is 0 Å². The van der Waals surface area contributed by atoms with Gasteiger partial charge in [0, 0.05) is 26.2 Å². The molecule has 0 unspecified atom stereocenters. The summed E-state index contributed by atoms with van der Waals surface area (Å²) in [5, 5.41) is 4.12. The smallest absolute Gasteiger partial charge is 0.333 e. The van der Waals surface area contributed by atoms with Crippen molar-refractivity contribution in [3.8, 4) is 0 Å². The van der Waals surface area contributed by atoms with E-state index in [0.717, 1.165) is 32.7 Å². The van der Waals surface area contributed by atoms with E-state index in [1.807, 2.05) is 84.9 Å². The third-order valence-electron chi connectivity index (χ3n) is 8.58. The lowest BCUT2D eigenvalue weighted by atomic mass is 9.72. The third kappa shape index (κ3) is 7.69. The fraction of sp³-hybridized carbons (Fsp3) is 0.306. The molecule has 0 aliphatic carbocycles. The van der Waals surface area contributed by atoms with Crippen molar-refractivity contribution in [2.45, 2.75) is 38.5 Å². The Balaban J connectivity index is 1.55. The van der Waals surface area contributed by atoms with E-state index in [1.54, 1.807) is 0 Å². The molecule has 11 heteroatoms. The SMILES string of the molecule is NC(N)=NCCCCN1C(=O)N(CCCCN=C(N)N)C(=O)C(Cc2ccc3ccccc3c2)(Cc2ccc3ccccc3c2)C1=O. The number of nitrogens with zero attached hydrogens (tertiary/aromatic N) is 4. The lowest BCUT2D eigenvalue weighted by Crippen LogP contribution is -2.66. The van der Waals surface area contributed by atoms with Gasteiger partial charge in [-0.05, 0) is 71.2 Å². The number of urea groups is 1. The number of amides is 4. The van der Waals surface area contributed by atoms with Gasteiger partial charge in [0.05, 0.1) is 0 Å². The minimum atomic E-state index is -1.56. The molecule has 244 valence electrons. The van der Waals surface area contributed by atoms with Gasteiger partial charge in [0.25, 0.3) is 0 Å². The Morgan fingerprint density at radius 2 is 0.957 bits per heavy atom. The molecule has 8 N–H and O–H groups in total. The van der Waals surface area contributed by atoms with Crippen LogP contribution >= 0.6 is 0 Å². The minimum Gasteiger partial charge on any atom is -0.370 e. The van der Waals surface area contributed by atoms with E-state index < -0.39 is 23.3 Å². The second-order valence-corrected chi connectivity index (χ2v) is 12.0. The van der Waals surface area contributed by atoms with Crippen molar-refractivity contribution in [3.05, 3.63) is 96.1 Å². The first kappa shape index (κ1) is 32.9. The molecule has 4 amide bonds. The zero-order chi connectivity index (χ0) is 33.4. The van der Waals surface area contributed by atoms with Gasteiger partial charge < -0.3 is 22.9 Å². The molecule has 0 saturated carbocycles. The zero-order valence-electron chi connectivity index (χ0n) is 26.5. The number of barbiturate groups is 1. The number of rotatable bonds is 14. The molecule has 5 rings (SSSR count). The number of benzene rings is 4. The third-order valence-corrected chi connectivity index (χ3v) is 8.58. The highest BCUT2D eigenvalue weighted by molar-refractivity contribution is 6.19. The fourth-order valence-electron chi connectivity index (χ4n) is 6.26. The van der Waals surface area contributed by atoms with Crippen LogP contribution in [0, 0.1) is 5.41 Å². The summed E-state index contributed by atoms with van der Waals surface area (Å²) in [7, 11) is 0. The van der Waals surface area contributed by atoms with Gasteiger partial charge in [-0.15, -0.1) is 0 Å². The highest BCUT2D eigenvalue weighted by Gasteiger charge is 2.56. The summed E-state index contributed by atoms with van der Waals surface area (Å²) in [6, 6.07) is 27.3. The highest BCUT2D eigenvalue weighted by atomic mass is 16.2. The Kier molecular flexibility index (Phi) is 10.3. The van der Waals surface area contributed by atoms with Crippen LogP contribution in [0.15, 0.2) is 94.9 Å². The number of fused-ring (bicyclic) bond motifs is 2. The predicted octanol–water partition coefficient (Wildman–Crippen LogP) is 3.66. The molecule has 1 aliphatic heterocycles. The Hall–Kier alpha value is -5.45. The van der Waals surface area contributed by atoms with Crippen LogP contribution in [0.4, 0.5) is 4.79 Å². The maximum atomic E-state index is 14.7. The molecular formula is C36H42N8O3. The second kappa shape index (κ2) is 14.8. The topological polar surface area (TPSA) is 186 Å². The Labute approximate surface area is 274 Å². The molecule has 0 radical (unpaired) electrons. The molecule has 47 heavy (non-hydrogen) atoms. The van der Waals surface area contributed by atoms with Gasteiger partial charge in [-0.3, -0.25) is 29.4 Å². The molecule has 4 aromatic rings. The van der Waals surface area contributed by atoms with Gasteiger partial charge in [-0.2, -0.15) is 0 Å². The molecule has 0 aromatic heterocycles. The number of hydrogen-bond donors (Lipinski definition) is 4. The van der Waals surface area contributed by atoms with Crippen LogP contribution < -0.4 is 22.9 Å². The van der Waals surface area contributed by atoms with Crippen molar-refractivity contribution in [2.24, 2.45) is 38.3 Å². The standard InChI is InChI=1S/C36H42N8O3/c37-33(38)41-17-5-7-19-43-31(45)36(23-25-13-15-27-9-1-3-11-29(27)21-25,24-26-14-16-28-10-2-4-12-30(28)22-26)32(46)44(35(43)47)20-8-6-18-42-34(39)40/h1-4,9-16,21-22H,5-8,17-20,23-24H2,(H4,37,38,41)(H4,39,40,42). The number of aliphatic imine (C=N–C) groups is 2. The lowest BCUT2D eigenvalue weighted by molar-refractivity contribution is -0.159. The van der Waals surface area contributed by atoms with Gasteiger partial charge in [0.15, 0.2) is 11.9 Å². The molecule has 0 bridgehead atoms. The fourth-order valence-corrected chi connectivity index (χ4v) is 6.26. The molecular weight excluding hydrogens is 592 g/mol. The lowest BCUT2D eigenvalue weighted by Gasteiger charge is -2.44. The van der Waals surface area contributed by atoms with Gasteiger partial charge >= 0.3 is 6.03 Å². The summed E-state index contributed by atoms with van der Waals surface area (Å²) in [5.41, 5.74) is 22.0. The van der Waals surface area contributed by atoms with Crippen LogP contribution in [0.5, 0.6) is 0 Å². The van der Waals surface area contributed by atoms with Crippen LogP contribution in [0.25, 0.3) is 21.5 Å². The number of hydrogen-bond acceptors (Lipinski definition) is 5. The largest absolute Gasteiger partial charge is 0.370 e. The maximum absolute atomic E-state index is 14.7. The van der Waals surface area contributed by atoms with Crippen molar-refractivity contribution >= 4 is 51.3 Å². The van der Waals surface area contributed by atoms with E-state index in [1.165, 1.54) is 9.80 Å². The normalized spacial score (nSPS) is 14.5. The molecule has 0 spiro atoms. The average molecular weight is 635 g/mol. The summed E-state index contributed by atoms with van der Waals surface area (Å²) in [6.45, 7) is 0.996. The van der Waals surface area contributed by atoms with Gasteiger partial charge in [-0.25, -0.2) is 4.79 Å². The van der Waals surface area contributed by atoms with Crippen molar-refractivity contribution < 1.29 is 14.4 Å². The van der Waals surface area contributed by atoms with E-state index in [-0.39, 0.29) is 37.9 Å². The maximum Gasteiger partial charge on any atom is 0.333 e. The molecule has 1 fully saturated rings. The minimum absolute atomic E-state index is 0.0163. The first-order chi connectivity index (χ1) is 22.7. The van der Waals surface area contributed by atoms with E-state index in [9.17, 15) is 14.4 Å².